The number of ether oxygens (including phenoxy) is 1. The maximum Gasteiger partial charge on any atom is 0.252 e. The van der Waals surface area contributed by atoms with E-state index in [1.807, 2.05) is 29.2 Å². The van der Waals surface area contributed by atoms with E-state index in [1.54, 1.807) is 31.4 Å². The number of benzene rings is 2. The number of rotatable bonds is 6. The van der Waals surface area contributed by atoms with Gasteiger partial charge in [0.1, 0.15) is 5.75 Å². The summed E-state index contributed by atoms with van der Waals surface area (Å²) in [7, 11) is 1.65. The lowest BCUT2D eigenvalue weighted by molar-refractivity contribution is -0.133. The molecule has 1 N–H and O–H groups in total. The Morgan fingerprint density at radius 1 is 1.10 bits per heavy atom. The number of halogens is 1. The Balaban J connectivity index is 1.62. The van der Waals surface area contributed by atoms with Gasteiger partial charge in [-0.25, -0.2) is 0 Å². The zero-order valence-corrected chi connectivity index (χ0v) is 17.5. The Kier molecular flexibility index (Phi) is 7.53. The molecule has 0 spiro atoms. The first-order valence-corrected chi connectivity index (χ1v) is 10.4. The molecule has 1 atom stereocenters. The molecular formula is C23H27ClN2O3. The van der Waals surface area contributed by atoms with Crippen LogP contribution in [0, 0.1) is 0 Å². The molecule has 29 heavy (non-hydrogen) atoms. The monoisotopic (exact) mass is 414 g/mol. The first-order valence-electron chi connectivity index (χ1n) is 10.1. The number of hydrogen-bond acceptors (Lipinski definition) is 3. The van der Waals surface area contributed by atoms with E-state index in [9.17, 15) is 9.59 Å². The van der Waals surface area contributed by atoms with Crippen LogP contribution < -0.4 is 10.1 Å². The van der Waals surface area contributed by atoms with Crippen LogP contribution in [0.25, 0.3) is 0 Å². The number of carbonyl (C=O) groups excluding carboxylic acids is 2. The Morgan fingerprint density at radius 3 is 2.59 bits per heavy atom. The minimum absolute atomic E-state index is 0.0622. The van der Waals surface area contributed by atoms with Crippen LogP contribution in [0.2, 0.25) is 5.02 Å². The summed E-state index contributed by atoms with van der Waals surface area (Å²) in [4.78, 5) is 27.2. The smallest absolute Gasteiger partial charge is 0.252 e. The van der Waals surface area contributed by atoms with E-state index in [1.165, 1.54) is 0 Å². The molecule has 1 heterocycles. The molecule has 6 heteroatoms. The molecule has 5 nitrogen and oxygen atoms in total. The highest BCUT2D eigenvalue weighted by Gasteiger charge is 2.26. The Morgan fingerprint density at radius 2 is 1.86 bits per heavy atom. The molecule has 2 amide bonds. The molecule has 0 radical (unpaired) electrons. The van der Waals surface area contributed by atoms with E-state index in [4.69, 9.17) is 16.3 Å². The van der Waals surface area contributed by atoms with E-state index >= 15 is 0 Å². The van der Waals surface area contributed by atoms with E-state index in [-0.39, 0.29) is 30.8 Å². The summed E-state index contributed by atoms with van der Waals surface area (Å²) in [6.07, 6.45) is 4.45. The second kappa shape index (κ2) is 10.3. The van der Waals surface area contributed by atoms with Crippen molar-refractivity contribution in [3.05, 3.63) is 64.7 Å². The number of hydrogen-bond donors (Lipinski definition) is 1. The zero-order valence-electron chi connectivity index (χ0n) is 16.7. The van der Waals surface area contributed by atoms with E-state index in [0.29, 0.717) is 10.6 Å². The van der Waals surface area contributed by atoms with Gasteiger partial charge in [0.05, 0.1) is 23.7 Å². The van der Waals surface area contributed by atoms with E-state index in [0.717, 1.165) is 43.5 Å². The summed E-state index contributed by atoms with van der Waals surface area (Å²) >= 11 is 6.06. The molecule has 154 valence electrons. The Bertz CT molecular complexity index is 838. The lowest BCUT2D eigenvalue weighted by Crippen LogP contribution is -2.37. The van der Waals surface area contributed by atoms with Crippen molar-refractivity contribution in [3.63, 3.8) is 0 Å². The van der Waals surface area contributed by atoms with Gasteiger partial charge in [-0.3, -0.25) is 9.59 Å². The lowest BCUT2D eigenvalue weighted by atomic mass is 10.0. The van der Waals surface area contributed by atoms with Crippen LogP contribution in [0.15, 0.2) is 48.5 Å². The maximum absolute atomic E-state index is 13.0. The first-order chi connectivity index (χ1) is 14.1. The third-order valence-corrected chi connectivity index (χ3v) is 5.65. The van der Waals surface area contributed by atoms with Crippen LogP contribution in [0.5, 0.6) is 5.75 Å². The second-order valence-electron chi connectivity index (χ2n) is 7.21. The topological polar surface area (TPSA) is 58.6 Å². The molecule has 0 aromatic heterocycles. The first kappa shape index (κ1) is 21.2. The van der Waals surface area contributed by atoms with Crippen molar-refractivity contribution < 1.29 is 14.3 Å². The summed E-state index contributed by atoms with van der Waals surface area (Å²) in [5, 5.41) is 3.21. The molecule has 0 saturated carbocycles. The molecule has 0 unspecified atom stereocenters. The van der Waals surface area contributed by atoms with Crippen molar-refractivity contribution >= 4 is 23.4 Å². The molecule has 1 fully saturated rings. The van der Waals surface area contributed by atoms with Crippen molar-refractivity contribution in [3.8, 4) is 5.75 Å². The van der Waals surface area contributed by atoms with E-state index < -0.39 is 0 Å². The van der Waals surface area contributed by atoms with Crippen LogP contribution in [0.1, 0.15) is 54.1 Å². The van der Waals surface area contributed by atoms with Gasteiger partial charge >= 0.3 is 0 Å². The van der Waals surface area contributed by atoms with Crippen molar-refractivity contribution in [1.29, 1.82) is 0 Å². The Hall–Kier alpha value is -2.53. The normalized spacial score (nSPS) is 16.8. The summed E-state index contributed by atoms with van der Waals surface area (Å²) in [5.74, 6) is 0.612. The van der Waals surface area contributed by atoms with Crippen molar-refractivity contribution in [1.82, 2.24) is 10.2 Å². The quantitative estimate of drug-likeness (QED) is 0.750. The van der Waals surface area contributed by atoms with Crippen LogP contribution in [-0.2, 0) is 4.79 Å². The molecule has 1 aliphatic heterocycles. The minimum atomic E-state index is -0.258. The fourth-order valence-electron chi connectivity index (χ4n) is 3.75. The van der Waals surface area contributed by atoms with Crippen LogP contribution in [0.3, 0.4) is 0 Å². The molecule has 0 bridgehead atoms. The van der Waals surface area contributed by atoms with Gasteiger partial charge < -0.3 is 15.0 Å². The fourth-order valence-corrected chi connectivity index (χ4v) is 3.97. The average Bonchev–Trinajstić information content (AvgIpc) is 3.00. The zero-order chi connectivity index (χ0) is 20.6. The summed E-state index contributed by atoms with van der Waals surface area (Å²) < 4.78 is 5.25. The van der Waals surface area contributed by atoms with Gasteiger partial charge in [0.25, 0.3) is 5.91 Å². The predicted octanol–water partition coefficient (Wildman–Crippen LogP) is 4.61. The highest BCUT2D eigenvalue weighted by Crippen LogP contribution is 2.31. The van der Waals surface area contributed by atoms with Gasteiger partial charge in [0.2, 0.25) is 5.91 Å². The second-order valence-corrected chi connectivity index (χ2v) is 7.62. The van der Waals surface area contributed by atoms with Gasteiger partial charge in [0.15, 0.2) is 0 Å². The minimum Gasteiger partial charge on any atom is -0.497 e. The number of carbonyl (C=O) groups is 2. The third-order valence-electron chi connectivity index (χ3n) is 5.32. The SMILES string of the molecule is COc1ccc([C@@H]2CCCCCN2C(=O)CCNC(=O)c2ccccc2Cl)cc1. The Labute approximate surface area is 177 Å². The number of methoxy groups -OCH3 is 1. The molecule has 3 rings (SSSR count). The maximum atomic E-state index is 13.0. The number of likely N-dealkylation sites (tertiary alicyclic amines) is 1. The van der Waals surface area contributed by atoms with Crippen molar-refractivity contribution in [2.24, 2.45) is 0 Å². The summed E-state index contributed by atoms with van der Waals surface area (Å²) in [5.41, 5.74) is 1.55. The van der Waals surface area contributed by atoms with Crippen LogP contribution in [-0.4, -0.2) is 36.9 Å². The molecule has 1 aliphatic rings. The van der Waals surface area contributed by atoms with Gasteiger partial charge in [-0.2, -0.15) is 0 Å². The molecule has 2 aromatic rings. The predicted molar refractivity (Wildman–Crippen MR) is 114 cm³/mol. The van der Waals surface area contributed by atoms with Crippen molar-refractivity contribution in [2.75, 3.05) is 20.2 Å². The number of amides is 2. The largest absolute Gasteiger partial charge is 0.497 e. The third kappa shape index (κ3) is 5.51. The van der Waals surface area contributed by atoms with Crippen LogP contribution >= 0.6 is 11.6 Å². The van der Waals surface area contributed by atoms with E-state index in [2.05, 4.69) is 5.32 Å². The average molecular weight is 415 g/mol. The van der Waals surface area contributed by atoms with Gasteiger partial charge in [-0.05, 0) is 42.7 Å². The number of nitrogens with one attached hydrogen (secondary N) is 1. The van der Waals surface area contributed by atoms with Crippen LogP contribution in [0.4, 0.5) is 0 Å². The van der Waals surface area contributed by atoms with Gasteiger partial charge in [0, 0.05) is 19.5 Å². The van der Waals surface area contributed by atoms with Gasteiger partial charge in [-0.15, -0.1) is 0 Å². The molecule has 0 aliphatic carbocycles. The molecule has 1 saturated heterocycles. The lowest BCUT2D eigenvalue weighted by Gasteiger charge is -2.31. The molecular weight excluding hydrogens is 388 g/mol. The number of nitrogens with zero attached hydrogens (tertiary/aromatic N) is 1. The summed E-state index contributed by atoms with van der Waals surface area (Å²) in [6, 6.07) is 14.9. The molecule has 2 aromatic carbocycles. The van der Waals surface area contributed by atoms with Gasteiger partial charge in [-0.1, -0.05) is 48.7 Å². The summed E-state index contributed by atoms with van der Waals surface area (Å²) in [6.45, 7) is 1.03. The highest BCUT2D eigenvalue weighted by atomic mass is 35.5. The van der Waals surface area contributed by atoms with Crippen molar-refractivity contribution in [2.45, 2.75) is 38.1 Å². The highest BCUT2D eigenvalue weighted by molar-refractivity contribution is 6.33. The fraction of sp³-hybridized carbons (Fsp3) is 0.391. The standard InChI is InChI=1S/C23H27ClN2O3/c1-29-18-12-10-17(11-13-18)21-9-3-2-6-16-26(21)22(27)14-15-25-23(28)19-7-4-5-8-20(19)24/h4-5,7-8,10-13,21H,2-3,6,9,14-16H2,1H3,(H,25,28)/t21-/m0/s1.